The maximum absolute atomic E-state index is 13.3. The molecule has 0 saturated carbocycles. The zero-order chi connectivity index (χ0) is 25.1. The predicted octanol–water partition coefficient (Wildman–Crippen LogP) is 4.62. The van der Waals surface area contributed by atoms with Gasteiger partial charge in [0.05, 0.1) is 11.6 Å². The molecule has 1 unspecified atom stereocenters. The van der Waals surface area contributed by atoms with Crippen LogP contribution >= 0.6 is 0 Å². The van der Waals surface area contributed by atoms with Crippen molar-refractivity contribution in [3.8, 4) is 0 Å². The zero-order valence-electron chi connectivity index (χ0n) is 20.5. The first-order chi connectivity index (χ1) is 16.9. The van der Waals surface area contributed by atoms with E-state index in [1.807, 2.05) is 67.5 Å². The van der Waals surface area contributed by atoms with Crippen LogP contribution in [0.1, 0.15) is 31.0 Å². The van der Waals surface area contributed by atoms with E-state index in [0.717, 1.165) is 30.0 Å². The highest BCUT2D eigenvalue weighted by Crippen LogP contribution is 2.42. The van der Waals surface area contributed by atoms with E-state index in [9.17, 15) is 14.7 Å². The van der Waals surface area contributed by atoms with Crippen molar-refractivity contribution in [1.29, 1.82) is 0 Å². The lowest BCUT2D eigenvalue weighted by Gasteiger charge is -2.27. The molecule has 1 aromatic heterocycles. The first-order valence-electron chi connectivity index (χ1n) is 11.7. The van der Waals surface area contributed by atoms with Gasteiger partial charge in [0.15, 0.2) is 0 Å². The molecule has 1 atom stereocenters. The summed E-state index contributed by atoms with van der Waals surface area (Å²) in [4.78, 5) is 36.3. The summed E-state index contributed by atoms with van der Waals surface area (Å²) in [5, 5.41) is 11.2. The second-order valence-corrected chi connectivity index (χ2v) is 8.58. The molecule has 2 aromatic carbocycles. The molecular weight excluding hydrogens is 440 g/mol. The van der Waals surface area contributed by atoms with E-state index in [0.29, 0.717) is 11.3 Å². The van der Waals surface area contributed by atoms with E-state index in [4.69, 9.17) is 0 Å². The molecule has 0 spiro atoms. The van der Waals surface area contributed by atoms with Gasteiger partial charge < -0.3 is 14.9 Å². The fourth-order valence-corrected chi connectivity index (χ4v) is 4.45. The van der Waals surface area contributed by atoms with Crippen LogP contribution in [0.15, 0.2) is 78.6 Å². The van der Waals surface area contributed by atoms with Crippen molar-refractivity contribution in [2.45, 2.75) is 19.9 Å². The number of rotatable bonds is 7. The number of carbonyl (C=O) groups excluding carboxylic acids is 2. The van der Waals surface area contributed by atoms with Crippen molar-refractivity contribution in [2.24, 2.45) is 0 Å². The largest absolute Gasteiger partial charge is 0.507 e. The van der Waals surface area contributed by atoms with E-state index >= 15 is 0 Å². The lowest BCUT2D eigenvalue weighted by Crippen LogP contribution is -2.29. The van der Waals surface area contributed by atoms with Gasteiger partial charge in [-0.05, 0) is 67.9 Å². The number of anilines is 3. The van der Waals surface area contributed by atoms with Gasteiger partial charge in [-0.1, -0.05) is 12.1 Å². The Balaban J connectivity index is 1.86. The maximum atomic E-state index is 13.3. The number of nitrogens with zero attached hydrogens (tertiary/aromatic N) is 4. The Morgan fingerprint density at radius 3 is 2.00 bits per heavy atom. The highest BCUT2D eigenvalue weighted by Gasteiger charge is 2.47. The van der Waals surface area contributed by atoms with Gasteiger partial charge in [-0.25, -0.2) is 0 Å². The van der Waals surface area contributed by atoms with Gasteiger partial charge >= 0.3 is 0 Å². The molecule has 1 amide bonds. The SMILES string of the molecule is CCN(CC)c1ccc(N2C(=O)C(=O)/C(=C(\O)c3ccncc3)C2c2ccc(N(C)C)cc2)cc1. The number of ketones is 1. The van der Waals surface area contributed by atoms with Gasteiger partial charge in [0.25, 0.3) is 11.7 Å². The number of aromatic nitrogens is 1. The van der Waals surface area contributed by atoms with Gasteiger partial charge in [-0.15, -0.1) is 0 Å². The van der Waals surface area contributed by atoms with Crippen molar-refractivity contribution in [3.05, 3.63) is 89.8 Å². The number of benzene rings is 2. The molecule has 7 nitrogen and oxygen atoms in total. The van der Waals surface area contributed by atoms with Crippen molar-refractivity contribution in [1.82, 2.24) is 4.98 Å². The summed E-state index contributed by atoms with van der Waals surface area (Å²) in [6.07, 6.45) is 3.08. The predicted molar refractivity (Wildman–Crippen MR) is 140 cm³/mol. The average Bonchev–Trinajstić information content (AvgIpc) is 3.15. The molecule has 1 N–H and O–H groups in total. The summed E-state index contributed by atoms with van der Waals surface area (Å²) in [6.45, 7) is 5.91. The van der Waals surface area contributed by atoms with E-state index in [1.165, 1.54) is 17.3 Å². The Hall–Kier alpha value is -4.13. The first kappa shape index (κ1) is 24.0. The Labute approximate surface area is 205 Å². The van der Waals surface area contributed by atoms with Crippen LogP contribution in [0.2, 0.25) is 0 Å². The Bertz CT molecular complexity index is 1230. The molecule has 0 aliphatic carbocycles. The quantitative estimate of drug-likeness (QED) is 0.308. The molecular formula is C28H30N4O3. The first-order valence-corrected chi connectivity index (χ1v) is 11.7. The van der Waals surface area contributed by atoms with Gasteiger partial charge in [0.2, 0.25) is 0 Å². The molecule has 3 aromatic rings. The smallest absolute Gasteiger partial charge is 0.300 e. The lowest BCUT2D eigenvalue weighted by molar-refractivity contribution is -0.132. The average molecular weight is 471 g/mol. The number of aliphatic hydroxyl groups is 1. The minimum atomic E-state index is -0.765. The molecule has 7 heteroatoms. The highest BCUT2D eigenvalue weighted by molar-refractivity contribution is 6.51. The van der Waals surface area contributed by atoms with Crippen LogP contribution in [-0.4, -0.2) is 49.0 Å². The summed E-state index contributed by atoms with van der Waals surface area (Å²) < 4.78 is 0. The maximum Gasteiger partial charge on any atom is 0.300 e. The standard InChI is InChI=1S/C28H30N4O3/c1-5-31(6-2)22-11-13-23(14-12-22)32-25(19-7-9-21(10-8-19)30(3)4)24(27(34)28(32)35)26(33)20-15-17-29-18-16-20/h7-18,25,33H,5-6H2,1-4H3/b26-24-. The molecule has 35 heavy (non-hydrogen) atoms. The van der Waals surface area contributed by atoms with Crippen LogP contribution in [0.5, 0.6) is 0 Å². The molecule has 0 radical (unpaired) electrons. The summed E-state index contributed by atoms with van der Waals surface area (Å²) in [6, 6.07) is 17.7. The van der Waals surface area contributed by atoms with Crippen molar-refractivity contribution >= 4 is 34.5 Å². The van der Waals surface area contributed by atoms with Crippen molar-refractivity contribution in [3.63, 3.8) is 0 Å². The number of amides is 1. The zero-order valence-corrected chi connectivity index (χ0v) is 20.5. The summed E-state index contributed by atoms with van der Waals surface area (Å²) in [5.74, 6) is -1.60. The molecule has 0 bridgehead atoms. The number of pyridine rings is 1. The topological polar surface area (TPSA) is 77.0 Å². The minimum absolute atomic E-state index is 0.0617. The monoisotopic (exact) mass is 470 g/mol. The Morgan fingerprint density at radius 1 is 0.886 bits per heavy atom. The van der Waals surface area contributed by atoms with E-state index < -0.39 is 17.7 Å². The van der Waals surface area contributed by atoms with Crippen LogP contribution in [0, 0.1) is 0 Å². The van der Waals surface area contributed by atoms with Crippen LogP contribution in [0.4, 0.5) is 17.1 Å². The van der Waals surface area contributed by atoms with Crippen molar-refractivity contribution in [2.75, 3.05) is 41.9 Å². The number of aliphatic hydroxyl groups excluding tert-OH is 1. The minimum Gasteiger partial charge on any atom is -0.507 e. The van der Waals surface area contributed by atoms with E-state index in [2.05, 4.69) is 23.7 Å². The van der Waals surface area contributed by atoms with E-state index in [-0.39, 0.29) is 11.3 Å². The van der Waals surface area contributed by atoms with Gasteiger partial charge in [0, 0.05) is 62.2 Å². The third kappa shape index (κ3) is 4.49. The van der Waals surface area contributed by atoms with Crippen LogP contribution < -0.4 is 14.7 Å². The van der Waals surface area contributed by atoms with Gasteiger partial charge in [0.1, 0.15) is 5.76 Å². The third-order valence-electron chi connectivity index (χ3n) is 6.38. The van der Waals surface area contributed by atoms with Crippen LogP contribution in [0.3, 0.4) is 0 Å². The van der Waals surface area contributed by atoms with Crippen LogP contribution in [-0.2, 0) is 9.59 Å². The molecule has 4 rings (SSSR count). The lowest BCUT2D eigenvalue weighted by atomic mass is 9.95. The molecule has 1 aliphatic rings. The highest BCUT2D eigenvalue weighted by atomic mass is 16.3. The molecule has 1 aliphatic heterocycles. The molecule has 2 heterocycles. The second-order valence-electron chi connectivity index (χ2n) is 8.58. The van der Waals surface area contributed by atoms with Gasteiger partial charge in [-0.2, -0.15) is 0 Å². The number of carbonyl (C=O) groups is 2. The second kappa shape index (κ2) is 10.0. The van der Waals surface area contributed by atoms with Crippen molar-refractivity contribution < 1.29 is 14.7 Å². The summed E-state index contributed by atoms with van der Waals surface area (Å²) in [7, 11) is 3.89. The summed E-state index contributed by atoms with van der Waals surface area (Å²) in [5.41, 5.74) is 3.86. The number of hydrogen-bond donors (Lipinski definition) is 1. The Morgan fingerprint density at radius 2 is 1.46 bits per heavy atom. The molecule has 180 valence electrons. The van der Waals surface area contributed by atoms with Gasteiger partial charge in [-0.3, -0.25) is 19.5 Å². The number of Topliss-reactive ketones (excluding diaryl/α,β-unsaturated/α-hetero) is 1. The fourth-order valence-electron chi connectivity index (χ4n) is 4.45. The Kier molecular flexibility index (Phi) is 6.87. The van der Waals surface area contributed by atoms with E-state index in [1.54, 1.807) is 12.1 Å². The normalized spacial score (nSPS) is 17.0. The van der Waals surface area contributed by atoms with Crippen LogP contribution in [0.25, 0.3) is 5.76 Å². The summed E-state index contributed by atoms with van der Waals surface area (Å²) >= 11 is 0. The number of hydrogen-bond acceptors (Lipinski definition) is 6. The third-order valence-corrected chi connectivity index (χ3v) is 6.38. The molecule has 1 saturated heterocycles. The fraction of sp³-hybridized carbons (Fsp3) is 0.250. The molecule has 1 fully saturated rings.